The maximum atomic E-state index is 13.3. The molecule has 5 aromatic rings. The minimum atomic E-state index is -0.438. The summed E-state index contributed by atoms with van der Waals surface area (Å²) in [6, 6.07) is 13.8. The standard InChI is InChI=1S/C33H35N3O4/c1-7-35(8-2)24-11-13-26-20(5)30(32(37)39-28(26)16-24)22-15-23(19-34-18-22)31-21(6)27-14-12-25(36(9-3)10-4)17-29(27)40-33(31)38/h11-19H,7-10H2,1-6H3. The van der Waals surface area contributed by atoms with Crippen LogP contribution in [0.4, 0.5) is 11.4 Å². The average molecular weight is 538 g/mol. The van der Waals surface area contributed by atoms with Crippen LogP contribution in [0.1, 0.15) is 38.8 Å². The van der Waals surface area contributed by atoms with E-state index in [0.29, 0.717) is 33.4 Å². The van der Waals surface area contributed by atoms with E-state index < -0.39 is 11.3 Å². The first-order valence-electron chi connectivity index (χ1n) is 13.9. The van der Waals surface area contributed by atoms with Crippen LogP contribution in [0.15, 0.2) is 73.3 Å². The van der Waals surface area contributed by atoms with E-state index in [0.717, 1.165) is 59.5 Å². The Bertz CT molecular complexity index is 1700. The third kappa shape index (κ3) is 4.66. The van der Waals surface area contributed by atoms with Crippen molar-refractivity contribution >= 4 is 33.3 Å². The fraction of sp³-hybridized carbons (Fsp3) is 0.303. The summed E-state index contributed by atoms with van der Waals surface area (Å²) in [6.45, 7) is 15.7. The number of fused-ring (bicyclic) bond motifs is 2. The van der Waals surface area contributed by atoms with Crippen molar-refractivity contribution in [3.63, 3.8) is 0 Å². The van der Waals surface area contributed by atoms with Crippen molar-refractivity contribution in [3.8, 4) is 22.3 Å². The zero-order valence-corrected chi connectivity index (χ0v) is 24.0. The van der Waals surface area contributed by atoms with Gasteiger partial charge in [-0.05, 0) is 83.0 Å². The van der Waals surface area contributed by atoms with Crippen LogP contribution in [0.2, 0.25) is 0 Å². The van der Waals surface area contributed by atoms with E-state index in [-0.39, 0.29) is 0 Å². The van der Waals surface area contributed by atoms with E-state index in [1.54, 1.807) is 12.4 Å². The summed E-state index contributed by atoms with van der Waals surface area (Å²) in [4.78, 5) is 35.4. The predicted molar refractivity (Wildman–Crippen MR) is 164 cm³/mol. The van der Waals surface area contributed by atoms with Crippen LogP contribution < -0.4 is 21.1 Å². The van der Waals surface area contributed by atoms with E-state index in [4.69, 9.17) is 8.83 Å². The molecule has 0 aliphatic heterocycles. The predicted octanol–water partition coefficient (Wildman–Crippen LogP) is 6.94. The molecule has 0 N–H and O–H groups in total. The van der Waals surface area contributed by atoms with Crippen LogP contribution in [0.25, 0.3) is 44.2 Å². The molecule has 0 unspecified atom stereocenters. The Labute approximate surface area is 233 Å². The van der Waals surface area contributed by atoms with Gasteiger partial charge in [-0.1, -0.05) is 0 Å². The summed E-state index contributed by atoms with van der Waals surface area (Å²) in [5.41, 5.74) is 5.92. The number of anilines is 2. The Hall–Kier alpha value is -4.39. The third-order valence-corrected chi connectivity index (χ3v) is 7.87. The second-order valence-corrected chi connectivity index (χ2v) is 9.95. The Balaban J connectivity index is 1.62. The molecule has 0 fully saturated rings. The molecule has 0 atom stereocenters. The number of rotatable bonds is 8. The SMILES string of the molecule is CCN(CC)c1ccc2c(C)c(-c3cncc(-c4c(C)c5ccc(N(CC)CC)cc5oc4=O)c3)c(=O)oc2c1. The second-order valence-electron chi connectivity index (χ2n) is 9.95. The highest BCUT2D eigenvalue weighted by Gasteiger charge is 2.19. The Morgan fingerprint density at radius 3 is 1.40 bits per heavy atom. The molecule has 0 amide bonds. The molecule has 0 aliphatic carbocycles. The first-order chi connectivity index (χ1) is 19.3. The van der Waals surface area contributed by atoms with Crippen molar-refractivity contribution in [2.75, 3.05) is 36.0 Å². The second kappa shape index (κ2) is 11.0. The van der Waals surface area contributed by atoms with Gasteiger partial charge in [0.2, 0.25) is 0 Å². The largest absolute Gasteiger partial charge is 0.422 e. The van der Waals surface area contributed by atoms with Gasteiger partial charge < -0.3 is 18.6 Å². The van der Waals surface area contributed by atoms with Gasteiger partial charge in [0.1, 0.15) is 11.2 Å². The van der Waals surface area contributed by atoms with Crippen LogP contribution in [-0.4, -0.2) is 31.2 Å². The van der Waals surface area contributed by atoms with Crippen molar-refractivity contribution in [1.29, 1.82) is 0 Å². The molecule has 2 aromatic carbocycles. The van der Waals surface area contributed by atoms with Gasteiger partial charge >= 0.3 is 11.3 Å². The van der Waals surface area contributed by atoms with Gasteiger partial charge in [-0.15, -0.1) is 0 Å². The van der Waals surface area contributed by atoms with Gasteiger partial charge in [0.05, 0.1) is 11.1 Å². The molecule has 3 aromatic heterocycles. The molecule has 0 radical (unpaired) electrons. The van der Waals surface area contributed by atoms with Crippen LogP contribution in [0.3, 0.4) is 0 Å². The summed E-state index contributed by atoms with van der Waals surface area (Å²) >= 11 is 0. The fourth-order valence-corrected chi connectivity index (χ4v) is 5.64. The molecule has 0 bridgehead atoms. The average Bonchev–Trinajstić information content (AvgIpc) is 2.94. The van der Waals surface area contributed by atoms with Gasteiger partial charge in [-0.3, -0.25) is 4.98 Å². The fourth-order valence-electron chi connectivity index (χ4n) is 5.64. The summed E-state index contributed by atoms with van der Waals surface area (Å²) in [6.07, 6.45) is 3.26. The van der Waals surface area contributed by atoms with Gasteiger partial charge in [-0.25, -0.2) is 9.59 Å². The normalized spacial score (nSPS) is 11.3. The summed E-state index contributed by atoms with van der Waals surface area (Å²) < 4.78 is 11.6. The minimum Gasteiger partial charge on any atom is -0.422 e. The first-order valence-corrected chi connectivity index (χ1v) is 13.9. The maximum absolute atomic E-state index is 13.3. The Kier molecular flexibility index (Phi) is 7.48. The van der Waals surface area contributed by atoms with E-state index in [1.807, 2.05) is 44.2 Å². The Morgan fingerprint density at radius 1 is 0.625 bits per heavy atom. The van der Waals surface area contributed by atoms with Crippen molar-refractivity contribution in [2.45, 2.75) is 41.5 Å². The van der Waals surface area contributed by atoms with Gasteiger partial charge in [0.15, 0.2) is 0 Å². The number of hydrogen-bond donors (Lipinski definition) is 0. The zero-order valence-electron chi connectivity index (χ0n) is 24.0. The maximum Gasteiger partial charge on any atom is 0.344 e. The molecule has 3 heterocycles. The number of aromatic nitrogens is 1. The van der Waals surface area contributed by atoms with Crippen LogP contribution in [0, 0.1) is 13.8 Å². The zero-order chi connectivity index (χ0) is 28.6. The van der Waals surface area contributed by atoms with Crippen molar-refractivity contribution < 1.29 is 8.83 Å². The molecule has 0 aliphatic rings. The number of aryl methyl sites for hydroxylation is 2. The molecular formula is C33H35N3O4. The van der Waals surface area contributed by atoms with Crippen LogP contribution in [0.5, 0.6) is 0 Å². The van der Waals surface area contributed by atoms with Gasteiger partial charge in [0.25, 0.3) is 0 Å². The van der Waals surface area contributed by atoms with E-state index in [9.17, 15) is 9.59 Å². The molecule has 0 saturated heterocycles. The van der Waals surface area contributed by atoms with Gasteiger partial charge in [-0.2, -0.15) is 0 Å². The van der Waals surface area contributed by atoms with E-state index >= 15 is 0 Å². The lowest BCUT2D eigenvalue weighted by Gasteiger charge is -2.21. The van der Waals surface area contributed by atoms with Crippen LogP contribution in [-0.2, 0) is 0 Å². The van der Waals surface area contributed by atoms with Gasteiger partial charge in [0, 0.05) is 84.0 Å². The quantitative estimate of drug-likeness (QED) is 0.198. The third-order valence-electron chi connectivity index (χ3n) is 7.87. The Morgan fingerprint density at radius 2 is 1.02 bits per heavy atom. The number of benzene rings is 2. The molecular weight excluding hydrogens is 502 g/mol. The summed E-state index contributed by atoms with van der Waals surface area (Å²) in [7, 11) is 0. The lowest BCUT2D eigenvalue weighted by Crippen LogP contribution is -2.21. The number of nitrogens with zero attached hydrogens (tertiary/aromatic N) is 3. The molecule has 7 heteroatoms. The highest BCUT2D eigenvalue weighted by Crippen LogP contribution is 2.33. The van der Waals surface area contributed by atoms with E-state index in [2.05, 4.69) is 54.6 Å². The smallest absolute Gasteiger partial charge is 0.344 e. The molecule has 206 valence electrons. The first kappa shape index (κ1) is 27.2. The number of hydrogen-bond acceptors (Lipinski definition) is 7. The van der Waals surface area contributed by atoms with E-state index in [1.165, 1.54) is 0 Å². The highest BCUT2D eigenvalue weighted by molar-refractivity contribution is 5.91. The highest BCUT2D eigenvalue weighted by atomic mass is 16.4. The molecule has 0 saturated carbocycles. The molecule has 40 heavy (non-hydrogen) atoms. The topological polar surface area (TPSA) is 79.8 Å². The lowest BCUT2D eigenvalue weighted by molar-refractivity contribution is 0.562. The van der Waals surface area contributed by atoms with Crippen LogP contribution >= 0.6 is 0 Å². The lowest BCUT2D eigenvalue weighted by atomic mass is 9.96. The monoisotopic (exact) mass is 537 g/mol. The summed E-state index contributed by atoms with van der Waals surface area (Å²) in [5, 5.41) is 1.72. The molecule has 5 rings (SSSR count). The van der Waals surface area contributed by atoms with Crippen molar-refractivity contribution in [1.82, 2.24) is 4.98 Å². The minimum absolute atomic E-state index is 0.434. The van der Waals surface area contributed by atoms with Crippen molar-refractivity contribution in [2.24, 2.45) is 0 Å². The number of pyridine rings is 1. The van der Waals surface area contributed by atoms with Crippen molar-refractivity contribution in [3.05, 3.63) is 86.8 Å². The molecule has 0 spiro atoms. The molecule has 7 nitrogen and oxygen atoms in total. The summed E-state index contributed by atoms with van der Waals surface area (Å²) in [5.74, 6) is 0.